The molecular weight excluding hydrogens is 154 g/mol. The van der Waals surface area contributed by atoms with Crippen molar-refractivity contribution in [2.24, 2.45) is 11.7 Å². The second-order valence-corrected chi connectivity index (χ2v) is 3.82. The number of rotatable bonds is 5. The van der Waals surface area contributed by atoms with Gasteiger partial charge in [0.15, 0.2) is 0 Å². The van der Waals surface area contributed by atoms with E-state index in [4.69, 9.17) is 10.8 Å². The van der Waals surface area contributed by atoms with Crippen LogP contribution in [0.15, 0.2) is 0 Å². The van der Waals surface area contributed by atoms with Gasteiger partial charge in [0.25, 0.3) is 0 Å². The lowest BCUT2D eigenvalue weighted by Crippen LogP contribution is -2.46. The van der Waals surface area contributed by atoms with E-state index in [1.165, 1.54) is 0 Å². The zero-order chi connectivity index (χ0) is 9.78. The van der Waals surface area contributed by atoms with Gasteiger partial charge in [-0.3, -0.25) is 4.79 Å². The number of aliphatic carboxylic acids is 1. The van der Waals surface area contributed by atoms with Crippen molar-refractivity contribution in [3.63, 3.8) is 0 Å². The number of hydrogen-bond donors (Lipinski definition) is 2. The summed E-state index contributed by atoms with van der Waals surface area (Å²) in [5.41, 5.74) is 4.53. The lowest BCUT2D eigenvalue weighted by molar-refractivity contribution is -0.143. The summed E-state index contributed by atoms with van der Waals surface area (Å²) in [4.78, 5) is 10.6. The summed E-state index contributed by atoms with van der Waals surface area (Å²) in [5, 5.41) is 8.73. The smallest absolute Gasteiger partial charge is 0.323 e. The van der Waals surface area contributed by atoms with Crippen LogP contribution >= 0.6 is 0 Å². The number of carboxylic acid groups (broad SMARTS) is 1. The molecule has 3 nitrogen and oxygen atoms in total. The first kappa shape index (κ1) is 11.4. The second kappa shape index (κ2) is 4.45. The van der Waals surface area contributed by atoms with Gasteiger partial charge in [-0.05, 0) is 19.3 Å². The van der Waals surface area contributed by atoms with Crippen molar-refractivity contribution < 1.29 is 9.90 Å². The highest BCUT2D eigenvalue weighted by molar-refractivity contribution is 5.77. The molecule has 0 aromatic carbocycles. The van der Waals surface area contributed by atoms with Gasteiger partial charge in [-0.1, -0.05) is 26.7 Å². The zero-order valence-corrected chi connectivity index (χ0v) is 8.13. The summed E-state index contributed by atoms with van der Waals surface area (Å²) in [7, 11) is 0. The Balaban J connectivity index is 3.96. The fraction of sp³-hybridized carbons (Fsp3) is 0.889. The van der Waals surface area contributed by atoms with E-state index in [-0.39, 0.29) is 0 Å². The van der Waals surface area contributed by atoms with Gasteiger partial charge in [-0.25, -0.2) is 0 Å². The summed E-state index contributed by atoms with van der Waals surface area (Å²) in [6, 6.07) is 0. The van der Waals surface area contributed by atoms with Gasteiger partial charge < -0.3 is 10.8 Å². The van der Waals surface area contributed by atoms with Crippen molar-refractivity contribution in [1.82, 2.24) is 0 Å². The molecule has 72 valence electrons. The van der Waals surface area contributed by atoms with Crippen molar-refractivity contribution in [3.8, 4) is 0 Å². The Kier molecular flexibility index (Phi) is 4.24. The fourth-order valence-electron chi connectivity index (χ4n) is 1.41. The summed E-state index contributed by atoms with van der Waals surface area (Å²) in [5.74, 6) is -0.522. The molecule has 0 spiro atoms. The largest absolute Gasteiger partial charge is 0.480 e. The van der Waals surface area contributed by atoms with Crippen molar-refractivity contribution >= 4 is 5.97 Å². The minimum Gasteiger partial charge on any atom is -0.480 e. The Bertz CT molecular complexity index is 155. The topological polar surface area (TPSA) is 63.3 Å². The Morgan fingerprint density at radius 3 is 2.50 bits per heavy atom. The van der Waals surface area contributed by atoms with Gasteiger partial charge in [0, 0.05) is 0 Å². The van der Waals surface area contributed by atoms with Gasteiger partial charge in [-0.2, -0.15) is 0 Å². The quantitative estimate of drug-likeness (QED) is 0.664. The van der Waals surface area contributed by atoms with Crippen molar-refractivity contribution in [2.45, 2.75) is 45.6 Å². The van der Waals surface area contributed by atoms with E-state index in [0.717, 1.165) is 12.8 Å². The van der Waals surface area contributed by atoms with Crippen LogP contribution in [0.4, 0.5) is 0 Å². The molecule has 0 heterocycles. The van der Waals surface area contributed by atoms with Crippen LogP contribution in [0.1, 0.15) is 40.0 Å². The average Bonchev–Trinajstić information content (AvgIpc) is 1.85. The predicted molar refractivity (Wildman–Crippen MR) is 48.9 cm³/mol. The Hall–Kier alpha value is -0.570. The summed E-state index contributed by atoms with van der Waals surface area (Å²) in [6.07, 6.45) is 2.67. The number of carbonyl (C=O) groups is 1. The van der Waals surface area contributed by atoms with Crippen LogP contribution in [-0.4, -0.2) is 16.6 Å². The lowest BCUT2D eigenvalue weighted by atomic mass is 9.88. The molecule has 0 bridgehead atoms. The van der Waals surface area contributed by atoms with Crippen LogP contribution in [0, 0.1) is 5.92 Å². The van der Waals surface area contributed by atoms with Crippen LogP contribution in [0.25, 0.3) is 0 Å². The highest BCUT2D eigenvalue weighted by Gasteiger charge is 2.29. The molecule has 12 heavy (non-hydrogen) atoms. The summed E-state index contributed by atoms with van der Waals surface area (Å²) >= 11 is 0. The predicted octanol–water partition coefficient (Wildman–Crippen LogP) is 1.61. The number of hydrogen-bond acceptors (Lipinski definition) is 2. The Morgan fingerprint density at radius 1 is 1.67 bits per heavy atom. The van der Waals surface area contributed by atoms with Crippen molar-refractivity contribution in [2.75, 3.05) is 0 Å². The summed E-state index contributed by atoms with van der Waals surface area (Å²) < 4.78 is 0. The van der Waals surface area contributed by atoms with Gasteiger partial charge >= 0.3 is 5.97 Å². The third kappa shape index (κ3) is 3.72. The zero-order valence-electron chi connectivity index (χ0n) is 8.13. The van der Waals surface area contributed by atoms with Crippen molar-refractivity contribution in [1.29, 1.82) is 0 Å². The molecule has 3 heteroatoms. The standard InChI is InChI=1S/C9H19NO2/c1-4-5-7(2)6-9(3,10)8(11)12/h7H,4-6,10H2,1-3H3,(H,11,12)/t7-,9-/m1/s1. The van der Waals surface area contributed by atoms with Crippen LogP contribution < -0.4 is 5.73 Å². The molecule has 0 amide bonds. The Labute approximate surface area is 74.0 Å². The third-order valence-corrected chi connectivity index (χ3v) is 2.04. The molecule has 0 rings (SSSR count). The van der Waals surface area contributed by atoms with Crippen molar-refractivity contribution in [3.05, 3.63) is 0 Å². The lowest BCUT2D eigenvalue weighted by Gasteiger charge is -2.22. The van der Waals surface area contributed by atoms with E-state index in [1.807, 2.05) is 6.92 Å². The molecule has 0 saturated carbocycles. The van der Waals surface area contributed by atoms with E-state index in [1.54, 1.807) is 6.92 Å². The van der Waals surface area contributed by atoms with Crippen LogP contribution in [0.3, 0.4) is 0 Å². The monoisotopic (exact) mass is 173 g/mol. The molecule has 0 radical (unpaired) electrons. The SMILES string of the molecule is CCC[C@@H](C)C[C@@](C)(N)C(=O)O. The first-order valence-electron chi connectivity index (χ1n) is 4.42. The molecular formula is C9H19NO2. The van der Waals surface area contributed by atoms with Crippen LogP contribution in [0.5, 0.6) is 0 Å². The van der Waals surface area contributed by atoms with E-state index >= 15 is 0 Å². The fourth-order valence-corrected chi connectivity index (χ4v) is 1.41. The average molecular weight is 173 g/mol. The highest BCUT2D eigenvalue weighted by atomic mass is 16.4. The maximum atomic E-state index is 10.6. The van der Waals surface area contributed by atoms with Crippen LogP contribution in [-0.2, 0) is 4.79 Å². The molecule has 3 N–H and O–H groups in total. The first-order valence-corrected chi connectivity index (χ1v) is 4.42. The third-order valence-electron chi connectivity index (χ3n) is 2.04. The molecule has 0 unspecified atom stereocenters. The second-order valence-electron chi connectivity index (χ2n) is 3.82. The Morgan fingerprint density at radius 2 is 2.17 bits per heavy atom. The summed E-state index contributed by atoms with van der Waals surface area (Å²) in [6.45, 7) is 5.70. The molecule has 0 aliphatic carbocycles. The first-order chi connectivity index (χ1) is 5.40. The van der Waals surface area contributed by atoms with Gasteiger partial charge in [0.05, 0.1) is 0 Å². The van der Waals surface area contributed by atoms with Gasteiger partial charge in [0.1, 0.15) is 5.54 Å². The molecule has 0 saturated heterocycles. The van der Waals surface area contributed by atoms with E-state index in [9.17, 15) is 4.79 Å². The van der Waals surface area contributed by atoms with Gasteiger partial charge in [0.2, 0.25) is 0 Å². The molecule has 0 aliphatic rings. The van der Waals surface area contributed by atoms with E-state index in [0.29, 0.717) is 12.3 Å². The maximum absolute atomic E-state index is 10.6. The minimum atomic E-state index is -1.06. The number of nitrogens with two attached hydrogens (primary N) is 1. The number of carboxylic acids is 1. The van der Waals surface area contributed by atoms with E-state index < -0.39 is 11.5 Å². The van der Waals surface area contributed by atoms with E-state index in [2.05, 4.69) is 6.92 Å². The van der Waals surface area contributed by atoms with Gasteiger partial charge in [-0.15, -0.1) is 0 Å². The molecule has 0 aromatic rings. The molecule has 0 aromatic heterocycles. The normalized spacial score (nSPS) is 18.3. The highest BCUT2D eigenvalue weighted by Crippen LogP contribution is 2.18. The maximum Gasteiger partial charge on any atom is 0.323 e. The molecule has 0 aliphatic heterocycles. The molecule has 0 fully saturated rings. The minimum absolute atomic E-state index is 0.390. The molecule has 2 atom stereocenters. The van der Waals surface area contributed by atoms with Crippen LogP contribution in [0.2, 0.25) is 0 Å².